The van der Waals surface area contributed by atoms with Gasteiger partial charge in [0.2, 0.25) is 5.91 Å². The molecule has 1 amide bonds. The number of amides is 1. The normalized spacial score (nSPS) is 13.9. The van der Waals surface area contributed by atoms with E-state index in [-0.39, 0.29) is 11.8 Å². The Morgan fingerprint density at radius 3 is 2.37 bits per heavy atom. The minimum absolute atomic E-state index is 0.0935. The van der Waals surface area contributed by atoms with E-state index in [2.05, 4.69) is 5.32 Å². The number of likely N-dealkylation sites (N-methyl/N-ethyl adjacent to an activating group) is 1. The van der Waals surface area contributed by atoms with Gasteiger partial charge in [-0.2, -0.15) is 0 Å². The minimum atomic E-state index is -0.919. The summed E-state index contributed by atoms with van der Waals surface area (Å²) in [6.07, 6.45) is 0. The van der Waals surface area contributed by atoms with Gasteiger partial charge in [0.25, 0.3) is 0 Å². The zero-order valence-electron chi connectivity index (χ0n) is 11.5. The Balaban J connectivity index is 2.83. The van der Waals surface area contributed by atoms with Gasteiger partial charge in [0, 0.05) is 19.5 Å². The number of aliphatic carboxylic acids is 1. The second-order valence-electron chi connectivity index (χ2n) is 4.61. The maximum atomic E-state index is 11.5. The van der Waals surface area contributed by atoms with Crippen molar-refractivity contribution in [3.05, 3.63) is 35.9 Å². The fourth-order valence-corrected chi connectivity index (χ4v) is 2.09. The van der Waals surface area contributed by atoms with Gasteiger partial charge in [0.15, 0.2) is 0 Å². The molecule has 5 heteroatoms. The van der Waals surface area contributed by atoms with Gasteiger partial charge in [-0.3, -0.25) is 14.5 Å². The van der Waals surface area contributed by atoms with Crippen LogP contribution in [0.3, 0.4) is 0 Å². The predicted molar refractivity (Wildman–Crippen MR) is 72.7 cm³/mol. The van der Waals surface area contributed by atoms with E-state index < -0.39 is 12.0 Å². The molecule has 2 unspecified atom stereocenters. The first-order valence-electron chi connectivity index (χ1n) is 6.17. The molecule has 0 aromatic heterocycles. The first kappa shape index (κ1) is 15.2. The van der Waals surface area contributed by atoms with Crippen LogP contribution in [0, 0.1) is 5.92 Å². The second kappa shape index (κ2) is 6.89. The van der Waals surface area contributed by atoms with Gasteiger partial charge < -0.3 is 10.4 Å². The molecule has 1 aromatic carbocycles. The number of nitrogens with one attached hydrogen (secondary N) is 1. The first-order chi connectivity index (χ1) is 8.97. The summed E-state index contributed by atoms with van der Waals surface area (Å²) in [4.78, 5) is 24.6. The van der Waals surface area contributed by atoms with Crippen LogP contribution in [-0.2, 0) is 9.59 Å². The Morgan fingerprint density at radius 1 is 1.32 bits per heavy atom. The van der Waals surface area contributed by atoms with E-state index in [4.69, 9.17) is 0 Å². The SMILES string of the molecule is CNC(=O)C(C)CN(C)C(C(=O)O)c1ccccc1. The van der Waals surface area contributed by atoms with Gasteiger partial charge in [-0.1, -0.05) is 37.3 Å². The van der Waals surface area contributed by atoms with Crippen molar-refractivity contribution in [2.45, 2.75) is 13.0 Å². The Bertz CT molecular complexity index is 434. The van der Waals surface area contributed by atoms with Crippen LogP contribution in [-0.4, -0.2) is 42.5 Å². The zero-order chi connectivity index (χ0) is 14.4. The lowest BCUT2D eigenvalue weighted by atomic mass is 10.0. The van der Waals surface area contributed by atoms with Crippen molar-refractivity contribution >= 4 is 11.9 Å². The molecule has 2 N–H and O–H groups in total. The van der Waals surface area contributed by atoms with Crippen molar-refractivity contribution in [1.82, 2.24) is 10.2 Å². The number of hydrogen-bond donors (Lipinski definition) is 2. The first-order valence-corrected chi connectivity index (χ1v) is 6.17. The van der Waals surface area contributed by atoms with E-state index in [1.54, 1.807) is 50.2 Å². The summed E-state index contributed by atoms with van der Waals surface area (Å²) in [5, 5.41) is 11.9. The van der Waals surface area contributed by atoms with Gasteiger partial charge >= 0.3 is 5.97 Å². The molecule has 0 aliphatic rings. The quantitative estimate of drug-likeness (QED) is 0.808. The lowest BCUT2D eigenvalue weighted by Gasteiger charge is -2.27. The maximum absolute atomic E-state index is 11.5. The number of carbonyl (C=O) groups is 2. The number of carbonyl (C=O) groups excluding carboxylic acids is 1. The monoisotopic (exact) mass is 264 g/mol. The Kier molecular flexibility index (Phi) is 5.51. The van der Waals surface area contributed by atoms with E-state index in [1.165, 1.54) is 0 Å². The summed E-state index contributed by atoms with van der Waals surface area (Å²) in [7, 11) is 3.29. The van der Waals surface area contributed by atoms with Gasteiger partial charge in [0.05, 0.1) is 0 Å². The maximum Gasteiger partial charge on any atom is 0.325 e. The predicted octanol–water partition coefficient (Wildman–Crippen LogP) is 1.13. The van der Waals surface area contributed by atoms with Gasteiger partial charge in [-0.25, -0.2) is 0 Å². The molecular formula is C14H20N2O3. The van der Waals surface area contributed by atoms with Crippen LogP contribution >= 0.6 is 0 Å². The standard InChI is InChI=1S/C14H20N2O3/c1-10(13(17)15-2)9-16(3)12(14(18)19)11-7-5-4-6-8-11/h4-8,10,12H,9H2,1-3H3,(H,15,17)(H,18,19). The second-order valence-corrected chi connectivity index (χ2v) is 4.61. The molecule has 0 aliphatic heterocycles. The zero-order valence-corrected chi connectivity index (χ0v) is 11.5. The number of benzene rings is 1. The molecule has 0 heterocycles. The van der Waals surface area contributed by atoms with Gasteiger partial charge in [0.1, 0.15) is 6.04 Å². The Hall–Kier alpha value is -1.88. The highest BCUT2D eigenvalue weighted by Crippen LogP contribution is 2.20. The van der Waals surface area contributed by atoms with Crippen LogP contribution in [0.2, 0.25) is 0 Å². The van der Waals surface area contributed by atoms with E-state index in [0.29, 0.717) is 12.1 Å². The molecule has 1 aromatic rings. The molecule has 19 heavy (non-hydrogen) atoms. The largest absolute Gasteiger partial charge is 0.480 e. The average molecular weight is 264 g/mol. The summed E-state index contributed by atoms with van der Waals surface area (Å²) in [5.41, 5.74) is 0.710. The molecule has 0 radical (unpaired) electrons. The smallest absolute Gasteiger partial charge is 0.325 e. The van der Waals surface area contributed by atoms with Gasteiger partial charge in [-0.05, 0) is 12.6 Å². The van der Waals surface area contributed by atoms with Crippen LogP contribution in [0.5, 0.6) is 0 Å². The van der Waals surface area contributed by atoms with Crippen molar-refractivity contribution in [2.75, 3.05) is 20.6 Å². The highest BCUT2D eigenvalue weighted by molar-refractivity contribution is 5.78. The topological polar surface area (TPSA) is 69.6 Å². The van der Waals surface area contributed by atoms with Crippen LogP contribution in [0.15, 0.2) is 30.3 Å². The molecule has 0 bridgehead atoms. The molecule has 1 rings (SSSR count). The number of rotatable bonds is 6. The summed E-state index contributed by atoms with van der Waals surface area (Å²) in [6.45, 7) is 2.16. The molecule has 5 nitrogen and oxygen atoms in total. The minimum Gasteiger partial charge on any atom is -0.480 e. The molecule has 104 valence electrons. The molecule has 0 aliphatic carbocycles. The van der Waals surface area contributed by atoms with Crippen molar-refractivity contribution in [2.24, 2.45) is 5.92 Å². The fraction of sp³-hybridized carbons (Fsp3) is 0.429. The highest BCUT2D eigenvalue weighted by Gasteiger charge is 2.26. The summed E-state index contributed by atoms with van der Waals surface area (Å²) in [6, 6.07) is 8.27. The third-order valence-corrected chi connectivity index (χ3v) is 3.05. The third kappa shape index (κ3) is 4.06. The Labute approximate surface area is 113 Å². The van der Waals surface area contributed by atoms with E-state index >= 15 is 0 Å². The van der Waals surface area contributed by atoms with Crippen LogP contribution < -0.4 is 5.32 Å². The Morgan fingerprint density at radius 2 is 1.89 bits per heavy atom. The van der Waals surface area contributed by atoms with Crippen molar-refractivity contribution in [3.8, 4) is 0 Å². The molecule has 0 saturated carbocycles. The van der Waals surface area contributed by atoms with E-state index in [9.17, 15) is 14.7 Å². The average Bonchev–Trinajstić information content (AvgIpc) is 2.38. The number of carboxylic acid groups (broad SMARTS) is 1. The molecule has 0 fully saturated rings. The van der Waals surface area contributed by atoms with Crippen LogP contribution in [0.4, 0.5) is 0 Å². The lowest BCUT2D eigenvalue weighted by Crippen LogP contribution is -2.38. The van der Waals surface area contributed by atoms with E-state index in [1.807, 2.05) is 6.07 Å². The summed E-state index contributed by atoms with van der Waals surface area (Å²) < 4.78 is 0. The van der Waals surface area contributed by atoms with Gasteiger partial charge in [-0.15, -0.1) is 0 Å². The third-order valence-electron chi connectivity index (χ3n) is 3.05. The van der Waals surface area contributed by atoms with Crippen molar-refractivity contribution in [1.29, 1.82) is 0 Å². The van der Waals surface area contributed by atoms with Crippen LogP contribution in [0.25, 0.3) is 0 Å². The molecular weight excluding hydrogens is 244 g/mol. The van der Waals surface area contributed by atoms with Crippen molar-refractivity contribution in [3.63, 3.8) is 0 Å². The highest BCUT2D eigenvalue weighted by atomic mass is 16.4. The molecule has 0 saturated heterocycles. The lowest BCUT2D eigenvalue weighted by molar-refractivity contribution is -0.144. The fourth-order valence-electron chi connectivity index (χ4n) is 2.09. The van der Waals surface area contributed by atoms with Crippen molar-refractivity contribution < 1.29 is 14.7 Å². The molecule has 2 atom stereocenters. The number of nitrogens with zero attached hydrogens (tertiary/aromatic N) is 1. The molecule has 0 spiro atoms. The summed E-state index contributed by atoms with van der Waals surface area (Å²) >= 11 is 0. The van der Waals surface area contributed by atoms with E-state index in [0.717, 1.165) is 0 Å². The number of hydrogen-bond acceptors (Lipinski definition) is 3. The summed E-state index contributed by atoms with van der Waals surface area (Å²) in [5.74, 6) is -1.28. The number of carboxylic acids is 1. The van der Waals surface area contributed by atoms with Crippen LogP contribution in [0.1, 0.15) is 18.5 Å².